The molecule has 0 fully saturated rings. The molecule has 9 nitrogen and oxygen atoms in total. The lowest BCUT2D eigenvalue weighted by Gasteiger charge is -2.38. The zero-order chi connectivity index (χ0) is 14.3. The summed E-state index contributed by atoms with van der Waals surface area (Å²) >= 11 is 0. The molecule has 0 aromatic carbocycles. The van der Waals surface area contributed by atoms with E-state index in [9.17, 15) is 13.7 Å². The van der Waals surface area contributed by atoms with E-state index in [0.717, 1.165) is 6.92 Å². The Balaban J connectivity index is 6.46. The molecule has 104 valence electrons. The van der Waals surface area contributed by atoms with Crippen molar-refractivity contribution in [3.05, 3.63) is 0 Å². The molecule has 0 aliphatic rings. The largest absolute Gasteiger partial charge is 0.356 e. The minimum absolute atomic E-state index is 0.221. The van der Waals surface area contributed by atoms with Crippen molar-refractivity contribution in [3.8, 4) is 0 Å². The Kier molecular flexibility index (Phi) is 4.98. The van der Waals surface area contributed by atoms with Crippen molar-refractivity contribution in [1.29, 1.82) is 0 Å². The molecule has 0 spiro atoms. The molecule has 17 heavy (non-hydrogen) atoms. The summed E-state index contributed by atoms with van der Waals surface area (Å²) in [6.45, 7) is 2.28. The second-order valence-electron chi connectivity index (χ2n) is 3.63. The monoisotopic (exact) mass is 312 g/mol. The van der Waals surface area contributed by atoms with E-state index in [1.165, 1.54) is 6.92 Å². The van der Waals surface area contributed by atoms with Crippen LogP contribution in [-0.2, 0) is 13.7 Å². The van der Waals surface area contributed by atoms with E-state index in [1.807, 2.05) is 0 Å². The summed E-state index contributed by atoms with van der Waals surface area (Å²) in [7, 11) is -17.2. The topological polar surface area (TPSA) is 173 Å². The Morgan fingerprint density at radius 3 is 1.18 bits per heavy atom. The molecule has 0 rings (SSSR count). The van der Waals surface area contributed by atoms with Crippen LogP contribution in [0.15, 0.2) is 0 Å². The van der Waals surface area contributed by atoms with Crippen molar-refractivity contribution in [1.82, 2.24) is 0 Å². The highest BCUT2D eigenvalue weighted by Gasteiger charge is 2.73. The summed E-state index contributed by atoms with van der Waals surface area (Å²) in [6, 6.07) is 0. The van der Waals surface area contributed by atoms with Gasteiger partial charge in [0.2, 0.25) is 0 Å². The van der Waals surface area contributed by atoms with Gasteiger partial charge in [-0.2, -0.15) is 0 Å². The van der Waals surface area contributed by atoms with Crippen LogP contribution in [0.1, 0.15) is 20.3 Å². The number of hydrogen-bond donors (Lipinski definition) is 6. The second-order valence-corrected chi connectivity index (χ2v) is 10.1. The van der Waals surface area contributed by atoms with Crippen LogP contribution in [0.25, 0.3) is 0 Å². The van der Waals surface area contributed by atoms with Gasteiger partial charge in [-0.3, -0.25) is 13.7 Å². The van der Waals surface area contributed by atoms with Gasteiger partial charge in [0.05, 0.1) is 0 Å². The molecule has 0 amide bonds. The molecule has 0 saturated heterocycles. The van der Waals surface area contributed by atoms with Gasteiger partial charge in [-0.05, 0) is 5.92 Å². The molecule has 0 aromatic heterocycles. The van der Waals surface area contributed by atoms with Gasteiger partial charge in [-0.1, -0.05) is 20.3 Å². The van der Waals surface area contributed by atoms with E-state index in [4.69, 9.17) is 29.4 Å². The first-order valence-corrected chi connectivity index (χ1v) is 9.24. The minimum atomic E-state index is -5.75. The highest BCUT2D eigenvalue weighted by molar-refractivity contribution is 7.88. The van der Waals surface area contributed by atoms with Crippen molar-refractivity contribution < 1.29 is 43.1 Å². The third-order valence-electron chi connectivity index (χ3n) is 2.56. The van der Waals surface area contributed by atoms with Gasteiger partial charge in [0.25, 0.3) is 4.64 Å². The van der Waals surface area contributed by atoms with E-state index in [0.29, 0.717) is 0 Å². The molecule has 0 aromatic rings. The summed E-state index contributed by atoms with van der Waals surface area (Å²) < 4.78 is 30.1. The second kappa shape index (κ2) is 4.85. The minimum Gasteiger partial charge on any atom is -0.323 e. The van der Waals surface area contributed by atoms with Gasteiger partial charge >= 0.3 is 22.8 Å². The lowest BCUT2D eigenvalue weighted by molar-refractivity contribution is 0.272. The predicted octanol–water partition coefficient (Wildman–Crippen LogP) is 0.219. The molecule has 1 unspecified atom stereocenters. The molecule has 0 aliphatic carbocycles. The van der Waals surface area contributed by atoms with Gasteiger partial charge in [0.15, 0.2) is 0 Å². The van der Waals surface area contributed by atoms with Crippen LogP contribution in [-0.4, -0.2) is 34.0 Å². The summed E-state index contributed by atoms with van der Waals surface area (Å²) in [5, 5.41) is 0. The molecular formula is C5H15O9P3. The van der Waals surface area contributed by atoms with Gasteiger partial charge in [-0.15, -0.1) is 0 Å². The van der Waals surface area contributed by atoms with Crippen molar-refractivity contribution >= 4 is 22.8 Å². The molecule has 6 N–H and O–H groups in total. The third kappa shape index (κ3) is 2.73. The lowest BCUT2D eigenvalue weighted by Crippen LogP contribution is -2.36. The first kappa shape index (κ1) is 17.4. The molecular weight excluding hydrogens is 297 g/mol. The van der Waals surface area contributed by atoms with E-state index in [-0.39, 0.29) is 6.42 Å². The third-order valence-corrected chi connectivity index (χ3v) is 11.1. The van der Waals surface area contributed by atoms with Crippen LogP contribution in [0.5, 0.6) is 0 Å². The van der Waals surface area contributed by atoms with Gasteiger partial charge in [0, 0.05) is 0 Å². The average molecular weight is 312 g/mol. The van der Waals surface area contributed by atoms with E-state index in [1.54, 1.807) is 0 Å². The standard InChI is InChI=1S/C5H15O9P3/c1-3-4(2)5(15(6,7)8,16(9,10)11)17(12,13)14/h4H,3H2,1-2H3,(H2,6,7,8)(H2,9,10,11)(H2,12,13,14). The van der Waals surface area contributed by atoms with Crippen LogP contribution in [0, 0.1) is 5.92 Å². The quantitative estimate of drug-likeness (QED) is 0.388. The Morgan fingerprint density at radius 1 is 0.882 bits per heavy atom. The SMILES string of the molecule is CCC(C)C(P(=O)(O)O)(P(=O)(O)O)P(=O)(O)O. The first-order chi connectivity index (χ1) is 7.23. The van der Waals surface area contributed by atoms with Crippen LogP contribution in [0.2, 0.25) is 0 Å². The van der Waals surface area contributed by atoms with Crippen LogP contribution < -0.4 is 0 Å². The van der Waals surface area contributed by atoms with E-state index >= 15 is 0 Å². The number of hydrogen-bond acceptors (Lipinski definition) is 3. The molecule has 0 saturated carbocycles. The average Bonchev–Trinajstić information content (AvgIpc) is 1.95. The van der Waals surface area contributed by atoms with Crippen LogP contribution in [0.4, 0.5) is 0 Å². The van der Waals surface area contributed by atoms with Crippen LogP contribution >= 0.6 is 22.8 Å². The highest BCUT2D eigenvalue weighted by atomic mass is 31.3. The zero-order valence-corrected chi connectivity index (χ0v) is 11.7. The van der Waals surface area contributed by atoms with E-state index in [2.05, 4.69) is 0 Å². The van der Waals surface area contributed by atoms with Gasteiger partial charge in [-0.25, -0.2) is 0 Å². The smallest absolute Gasteiger partial charge is 0.323 e. The van der Waals surface area contributed by atoms with Crippen molar-refractivity contribution in [3.63, 3.8) is 0 Å². The molecule has 1 atom stereocenters. The normalized spacial score (nSPS) is 16.9. The van der Waals surface area contributed by atoms with Gasteiger partial charge in [0.1, 0.15) is 0 Å². The first-order valence-electron chi connectivity index (χ1n) is 4.40. The summed E-state index contributed by atoms with van der Waals surface area (Å²) in [5.74, 6) is -1.56. The summed E-state index contributed by atoms with van der Waals surface area (Å²) in [6.07, 6.45) is -0.221. The summed E-state index contributed by atoms with van der Waals surface area (Å²) in [5.41, 5.74) is 0. The summed E-state index contributed by atoms with van der Waals surface area (Å²) in [4.78, 5) is 54.2. The molecule has 12 heteroatoms. The van der Waals surface area contributed by atoms with Gasteiger partial charge < -0.3 is 29.4 Å². The van der Waals surface area contributed by atoms with Crippen LogP contribution in [0.3, 0.4) is 0 Å². The van der Waals surface area contributed by atoms with Crippen molar-refractivity contribution in [2.24, 2.45) is 5.92 Å². The maximum atomic E-state index is 11.3. The molecule has 0 radical (unpaired) electrons. The fourth-order valence-electron chi connectivity index (χ4n) is 1.64. The van der Waals surface area contributed by atoms with E-state index < -0.39 is 33.3 Å². The zero-order valence-electron chi connectivity index (χ0n) is 9.03. The highest BCUT2D eigenvalue weighted by Crippen LogP contribution is 2.85. The molecule has 0 heterocycles. The maximum Gasteiger partial charge on any atom is 0.356 e. The Labute approximate surface area is 97.4 Å². The Bertz CT molecular complexity index is 357. The fraction of sp³-hybridized carbons (Fsp3) is 1.00. The Hall–Kier alpha value is 0.450. The maximum absolute atomic E-state index is 11.3. The Morgan fingerprint density at radius 2 is 1.12 bits per heavy atom. The molecule has 0 aliphatic heterocycles. The van der Waals surface area contributed by atoms with Crippen molar-refractivity contribution in [2.75, 3.05) is 0 Å². The predicted molar refractivity (Wildman–Crippen MR) is 58.3 cm³/mol. The van der Waals surface area contributed by atoms with Crippen molar-refractivity contribution in [2.45, 2.75) is 24.9 Å². The molecule has 0 bridgehead atoms. The fourth-order valence-corrected chi connectivity index (χ4v) is 7.99. The number of rotatable bonds is 5. The lowest BCUT2D eigenvalue weighted by atomic mass is 10.1.